The van der Waals surface area contributed by atoms with Crippen molar-refractivity contribution in [3.63, 3.8) is 0 Å². The lowest BCUT2D eigenvalue weighted by Crippen LogP contribution is -2.50. The lowest BCUT2D eigenvalue weighted by molar-refractivity contribution is 0.0530. The smallest absolute Gasteiger partial charge is 0.272 e. The predicted octanol–water partition coefficient (Wildman–Crippen LogP) is 3.68. The Morgan fingerprint density at radius 3 is 2.17 bits per heavy atom. The summed E-state index contributed by atoms with van der Waals surface area (Å²) in [6.45, 7) is 3.28. The maximum atomic E-state index is 13.3. The van der Waals surface area contributed by atoms with Gasteiger partial charge in [0.1, 0.15) is 17.1 Å². The van der Waals surface area contributed by atoms with E-state index in [1.54, 1.807) is 40.3 Å². The van der Waals surface area contributed by atoms with E-state index in [0.717, 1.165) is 18.4 Å². The third-order valence-electron chi connectivity index (χ3n) is 7.27. The maximum Gasteiger partial charge on any atom is 0.272 e. The normalized spacial score (nSPS) is 14.1. The Morgan fingerprint density at radius 2 is 1.51 bits per heavy atom. The van der Waals surface area contributed by atoms with Gasteiger partial charge < -0.3 is 25.5 Å². The second-order valence-corrected chi connectivity index (χ2v) is 9.93. The highest BCUT2D eigenvalue weighted by molar-refractivity contribution is 5.99. The van der Waals surface area contributed by atoms with Gasteiger partial charge in [-0.2, -0.15) is 0 Å². The molecule has 2 amide bonds. The first-order valence-electron chi connectivity index (χ1n) is 13.6. The largest absolute Gasteiger partial charge is 0.505 e. The summed E-state index contributed by atoms with van der Waals surface area (Å²) < 4.78 is 0. The highest BCUT2D eigenvalue weighted by Gasteiger charge is 2.29. The van der Waals surface area contributed by atoms with Crippen LogP contribution in [0.2, 0.25) is 0 Å². The number of carbonyl (C=O) groups is 2. The summed E-state index contributed by atoms with van der Waals surface area (Å²) in [5.41, 5.74) is 0.416. The van der Waals surface area contributed by atoms with Crippen LogP contribution in [-0.4, -0.2) is 57.9 Å². The van der Waals surface area contributed by atoms with Gasteiger partial charge >= 0.3 is 0 Å². The molecular formula is C31H31N5O5. The molecule has 0 saturated carbocycles. The van der Waals surface area contributed by atoms with Crippen molar-refractivity contribution in [3.05, 3.63) is 110 Å². The Morgan fingerprint density at radius 1 is 0.854 bits per heavy atom. The quantitative estimate of drug-likeness (QED) is 0.211. The molecule has 1 aliphatic heterocycles. The van der Waals surface area contributed by atoms with Gasteiger partial charge in [-0.15, -0.1) is 0 Å². The minimum absolute atomic E-state index is 0.0496. The summed E-state index contributed by atoms with van der Waals surface area (Å²) in [4.78, 5) is 58.3. The number of hydrogen-bond acceptors (Lipinski definition) is 8. The van der Waals surface area contributed by atoms with Gasteiger partial charge in [0.2, 0.25) is 0 Å². The highest BCUT2D eigenvalue weighted by Crippen LogP contribution is 2.34. The number of nitrogens with one attached hydrogen (secondary N) is 2. The number of hydrogen-bond donors (Lipinski definition) is 3. The lowest BCUT2D eigenvalue weighted by atomic mass is 10.0. The molecule has 3 N–H and O–H groups in total. The minimum Gasteiger partial charge on any atom is -0.505 e. The van der Waals surface area contributed by atoms with E-state index >= 15 is 0 Å². The minimum atomic E-state index is -0.694. The molecule has 2 heterocycles. The number of phenols is 1. The molecule has 3 aromatic carbocycles. The lowest BCUT2D eigenvalue weighted by Gasteiger charge is -2.34. The molecule has 0 spiro atoms. The number of carbonyl (C=O) groups excluding carboxylic acids is 2. The number of piperazine rings is 1. The molecule has 5 rings (SSSR count). The van der Waals surface area contributed by atoms with Crippen molar-refractivity contribution in [3.8, 4) is 5.75 Å². The number of aromatic nitrogens is 1. The number of pyridine rings is 1. The number of amides is 2. The summed E-state index contributed by atoms with van der Waals surface area (Å²) in [5, 5.41) is 17.1. The van der Waals surface area contributed by atoms with Gasteiger partial charge in [0, 0.05) is 32.4 Å². The van der Waals surface area contributed by atoms with Crippen LogP contribution in [0.25, 0.3) is 0 Å². The number of anilines is 3. The van der Waals surface area contributed by atoms with Crippen LogP contribution in [0.5, 0.6) is 5.75 Å². The molecule has 1 aromatic heterocycles. The summed E-state index contributed by atoms with van der Waals surface area (Å²) in [5.74, 6) is -0.916. The monoisotopic (exact) mass is 553 g/mol. The van der Waals surface area contributed by atoms with Crippen LogP contribution in [0, 0.1) is 0 Å². The van der Waals surface area contributed by atoms with Gasteiger partial charge in [-0.3, -0.25) is 24.2 Å². The van der Waals surface area contributed by atoms with Crippen LogP contribution in [0.15, 0.2) is 82.5 Å². The topological polar surface area (TPSA) is 132 Å². The van der Waals surface area contributed by atoms with Crippen LogP contribution in [0.3, 0.4) is 0 Å². The number of aromatic hydroxyl groups is 1. The zero-order valence-electron chi connectivity index (χ0n) is 22.7. The predicted molar refractivity (Wildman–Crippen MR) is 157 cm³/mol. The van der Waals surface area contributed by atoms with E-state index in [0.29, 0.717) is 31.9 Å². The standard InChI is InChI=1S/C31H31N5O5/c1-2-9-22(20-10-4-3-5-11-20)33-25-26(29(39)28(25)38)34-23-14-8-12-21(27(23)37)30(40)35-16-18-36(19-17-35)31(41)24-13-6-7-15-32-24/h3-8,10-15,22,33-34,37H,2,9,16-19H2,1H3/t22-/m1/s1. The van der Waals surface area contributed by atoms with Crippen molar-refractivity contribution >= 4 is 28.9 Å². The fourth-order valence-electron chi connectivity index (χ4n) is 5.00. The van der Waals surface area contributed by atoms with E-state index in [9.17, 15) is 24.3 Å². The van der Waals surface area contributed by atoms with Gasteiger partial charge in [-0.25, -0.2) is 0 Å². The summed E-state index contributed by atoms with van der Waals surface area (Å²) >= 11 is 0. The zero-order chi connectivity index (χ0) is 28.9. The first kappa shape index (κ1) is 27.6. The van der Waals surface area contributed by atoms with Crippen LogP contribution in [0.1, 0.15) is 52.2 Å². The second kappa shape index (κ2) is 12.0. The van der Waals surface area contributed by atoms with Crippen LogP contribution in [-0.2, 0) is 0 Å². The molecule has 1 atom stereocenters. The summed E-state index contributed by atoms with van der Waals surface area (Å²) in [6, 6.07) is 19.3. The zero-order valence-corrected chi connectivity index (χ0v) is 22.7. The van der Waals surface area contributed by atoms with E-state index in [2.05, 4.69) is 15.6 Å². The number of phenolic OH excluding ortho intramolecular Hbond substituents is 1. The van der Waals surface area contributed by atoms with Gasteiger partial charge in [-0.1, -0.05) is 55.8 Å². The summed E-state index contributed by atoms with van der Waals surface area (Å²) in [6.07, 6.45) is 3.17. The van der Waals surface area contributed by atoms with Crippen LogP contribution >= 0.6 is 0 Å². The van der Waals surface area contributed by atoms with Crippen molar-refractivity contribution < 1.29 is 14.7 Å². The molecule has 1 saturated heterocycles. The van der Waals surface area contributed by atoms with Crippen LogP contribution in [0.4, 0.5) is 17.1 Å². The van der Waals surface area contributed by atoms with E-state index in [1.165, 1.54) is 12.1 Å². The molecular weight excluding hydrogens is 522 g/mol. The highest BCUT2D eigenvalue weighted by atomic mass is 16.3. The molecule has 10 nitrogen and oxygen atoms in total. The molecule has 1 aliphatic rings. The number of para-hydroxylation sites is 1. The fourth-order valence-corrected chi connectivity index (χ4v) is 5.00. The molecule has 0 unspecified atom stereocenters. The van der Waals surface area contributed by atoms with Crippen LogP contribution < -0.4 is 21.5 Å². The molecule has 1 fully saturated rings. The number of nitrogens with zero attached hydrogens (tertiary/aromatic N) is 3. The van der Waals surface area contributed by atoms with Gasteiger partial charge in [-0.05, 0) is 36.2 Å². The second-order valence-electron chi connectivity index (χ2n) is 9.93. The van der Waals surface area contributed by atoms with Crippen molar-refractivity contribution in [1.29, 1.82) is 0 Å². The average Bonchev–Trinajstić information content (AvgIpc) is 3.03. The van der Waals surface area contributed by atoms with Gasteiger partial charge in [0.15, 0.2) is 5.75 Å². The number of rotatable bonds is 9. The molecule has 0 bridgehead atoms. The Balaban J connectivity index is 1.29. The maximum absolute atomic E-state index is 13.3. The SMILES string of the molecule is CCC[C@@H](Nc1c(Nc2cccc(C(=O)N3CCN(C(=O)c4ccccn4)CC3)c2O)c(=O)c1=O)c1ccccc1. The fraction of sp³-hybridized carbons (Fsp3) is 0.258. The third-order valence-corrected chi connectivity index (χ3v) is 7.27. The van der Waals surface area contributed by atoms with Crippen molar-refractivity contribution in [2.45, 2.75) is 25.8 Å². The summed E-state index contributed by atoms with van der Waals surface area (Å²) in [7, 11) is 0. The van der Waals surface area contributed by atoms with E-state index < -0.39 is 16.8 Å². The van der Waals surface area contributed by atoms with Crippen molar-refractivity contribution in [2.24, 2.45) is 0 Å². The molecule has 0 aliphatic carbocycles. The molecule has 210 valence electrons. The first-order valence-corrected chi connectivity index (χ1v) is 13.6. The van der Waals surface area contributed by atoms with Gasteiger partial charge in [0.05, 0.1) is 17.3 Å². The van der Waals surface area contributed by atoms with E-state index in [4.69, 9.17) is 0 Å². The molecule has 4 aromatic rings. The Hall–Kier alpha value is -4.99. The average molecular weight is 554 g/mol. The Bertz CT molecular complexity index is 1610. The molecule has 10 heteroatoms. The Kier molecular flexibility index (Phi) is 8.09. The van der Waals surface area contributed by atoms with E-state index in [1.807, 2.05) is 37.3 Å². The molecule has 0 radical (unpaired) electrons. The third kappa shape index (κ3) is 5.67. The van der Waals surface area contributed by atoms with E-state index in [-0.39, 0.29) is 40.3 Å². The molecule has 41 heavy (non-hydrogen) atoms. The first-order chi connectivity index (χ1) is 19.9. The van der Waals surface area contributed by atoms with Gasteiger partial charge in [0.25, 0.3) is 22.7 Å². The van der Waals surface area contributed by atoms with Crippen molar-refractivity contribution in [2.75, 3.05) is 36.8 Å². The number of benzene rings is 2. The van der Waals surface area contributed by atoms with Crippen molar-refractivity contribution in [1.82, 2.24) is 14.8 Å². The Labute approximate surface area is 237 Å².